The highest BCUT2D eigenvalue weighted by Gasteiger charge is 2.08. The van der Waals surface area contributed by atoms with Gasteiger partial charge in [-0.05, 0) is 31.2 Å². The fourth-order valence-electron chi connectivity index (χ4n) is 1.88. The molecule has 2 N–H and O–H groups in total. The van der Waals surface area contributed by atoms with Gasteiger partial charge >= 0.3 is 0 Å². The Morgan fingerprint density at radius 1 is 1.30 bits per heavy atom. The zero-order valence-corrected chi connectivity index (χ0v) is 13.1. The molecule has 2 aromatic heterocycles. The monoisotopic (exact) mass is 321 g/mol. The van der Waals surface area contributed by atoms with Crippen LogP contribution >= 0.6 is 34.7 Å². The molecule has 102 valence electrons. The molecule has 0 atom stereocenters. The van der Waals surface area contributed by atoms with Crippen LogP contribution in [0, 0.1) is 6.92 Å². The number of aryl methyl sites for hydroxylation is 1. The molecule has 0 fully saturated rings. The van der Waals surface area contributed by atoms with Crippen LogP contribution in [0.15, 0.2) is 35.2 Å². The van der Waals surface area contributed by atoms with E-state index in [4.69, 9.17) is 17.3 Å². The Bertz CT molecular complexity index is 770. The van der Waals surface area contributed by atoms with Crippen molar-refractivity contribution in [2.75, 3.05) is 5.73 Å². The molecule has 2 heterocycles. The number of benzene rings is 1. The fourth-order valence-corrected chi connectivity index (χ4v) is 3.85. The van der Waals surface area contributed by atoms with Crippen molar-refractivity contribution in [3.63, 3.8) is 0 Å². The molecule has 6 heteroatoms. The minimum Gasteiger partial charge on any atom is -0.383 e. The lowest BCUT2D eigenvalue weighted by atomic mass is 10.3. The third kappa shape index (κ3) is 2.90. The SMILES string of the molecule is Cc1cc2c(N)nc(CSc3cccc(Cl)c3)nc2s1. The van der Waals surface area contributed by atoms with Crippen LogP contribution in [0.25, 0.3) is 10.2 Å². The van der Waals surface area contributed by atoms with Crippen LogP contribution in [0.5, 0.6) is 0 Å². The second-order valence-electron chi connectivity index (χ2n) is 4.35. The average molecular weight is 322 g/mol. The molecule has 0 spiro atoms. The van der Waals surface area contributed by atoms with Crippen molar-refractivity contribution in [1.82, 2.24) is 9.97 Å². The Hall–Kier alpha value is -1.30. The van der Waals surface area contributed by atoms with E-state index in [0.29, 0.717) is 11.6 Å². The first kappa shape index (κ1) is 13.7. The Kier molecular flexibility index (Phi) is 3.83. The average Bonchev–Trinajstić information content (AvgIpc) is 2.78. The van der Waals surface area contributed by atoms with Crippen molar-refractivity contribution in [3.05, 3.63) is 46.1 Å². The lowest BCUT2D eigenvalue weighted by molar-refractivity contribution is 1.08. The number of thioether (sulfide) groups is 1. The summed E-state index contributed by atoms with van der Waals surface area (Å²) in [6, 6.07) is 9.78. The smallest absolute Gasteiger partial charge is 0.142 e. The van der Waals surface area contributed by atoms with Gasteiger partial charge < -0.3 is 5.73 Å². The summed E-state index contributed by atoms with van der Waals surface area (Å²) in [6.45, 7) is 2.05. The molecule has 3 nitrogen and oxygen atoms in total. The van der Waals surface area contributed by atoms with Crippen molar-refractivity contribution >= 4 is 50.7 Å². The number of hydrogen-bond acceptors (Lipinski definition) is 5. The normalized spacial score (nSPS) is 11.1. The summed E-state index contributed by atoms with van der Waals surface area (Å²) < 4.78 is 0. The van der Waals surface area contributed by atoms with Crippen molar-refractivity contribution < 1.29 is 0 Å². The van der Waals surface area contributed by atoms with E-state index < -0.39 is 0 Å². The quantitative estimate of drug-likeness (QED) is 0.720. The van der Waals surface area contributed by atoms with Crippen LogP contribution in [0.4, 0.5) is 5.82 Å². The Morgan fingerprint density at radius 3 is 2.95 bits per heavy atom. The summed E-state index contributed by atoms with van der Waals surface area (Å²) in [7, 11) is 0. The number of hydrogen-bond donors (Lipinski definition) is 1. The number of thiophene rings is 1. The fraction of sp³-hybridized carbons (Fsp3) is 0.143. The maximum absolute atomic E-state index is 5.99. The third-order valence-corrected chi connectivity index (χ3v) is 4.93. The number of aromatic nitrogens is 2. The first-order valence-corrected chi connectivity index (χ1v) is 8.21. The molecule has 0 aliphatic carbocycles. The van der Waals surface area contributed by atoms with Crippen LogP contribution in [0.2, 0.25) is 5.02 Å². The molecule has 0 bridgehead atoms. The number of nitrogens with two attached hydrogens (primary N) is 1. The van der Waals surface area contributed by atoms with Crippen molar-refractivity contribution in [3.8, 4) is 0 Å². The summed E-state index contributed by atoms with van der Waals surface area (Å²) in [6.07, 6.45) is 0. The van der Waals surface area contributed by atoms with E-state index in [2.05, 4.69) is 9.97 Å². The van der Waals surface area contributed by atoms with E-state index in [9.17, 15) is 0 Å². The van der Waals surface area contributed by atoms with Gasteiger partial charge in [-0.1, -0.05) is 17.7 Å². The van der Waals surface area contributed by atoms with Crippen LogP contribution in [-0.2, 0) is 5.75 Å². The number of fused-ring (bicyclic) bond motifs is 1. The minimum atomic E-state index is 0.557. The molecule has 20 heavy (non-hydrogen) atoms. The number of halogens is 1. The summed E-state index contributed by atoms with van der Waals surface area (Å²) >= 11 is 9.26. The van der Waals surface area contributed by atoms with Gasteiger partial charge in [0, 0.05) is 14.8 Å². The molecule has 0 amide bonds. The first-order chi connectivity index (χ1) is 9.61. The molecule has 3 rings (SSSR count). The standard InChI is InChI=1S/C14H12ClN3S2/c1-8-5-11-13(16)17-12(18-14(11)20-8)7-19-10-4-2-3-9(15)6-10/h2-6H,7H2,1H3,(H2,16,17,18). The van der Waals surface area contributed by atoms with Crippen molar-refractivity contribution in [2.45, 2.75) is 17.6 Å². The number of anilines is 1. The minimum absolute atomic E-state index is 0.557. The summed E-state index contributed by atoms with van der Waals surface area (Å²) in [5.41, 5.74) is 5.99. The maximum atomic E-state index is 5.99. The van der Waals surface area contributed by atoms with Gasteiger partial charge in [-0.25, -0.2) is 9.97 Å². The van der Waals surface area contributed by atoms with E-state index in [0.717, 1.165) is 26.0 Å². The molecule has 0 aliphatic heterocycles. The summed E-state index contributed by atoms with van der Waals surface area (Å²) in [5, 5.41) is 1.68. The van der Waals surface area contributed by atoms with Gasteiger partial charge in [-0.3, -0.25) is 0 Å². The molecule has 3 aromatic rings. The van der Waals surface area contributed by atoms with Crippen LogP contribution in [-0.4, -0.2) is 9.97 Å². The van der Waals surface area contributed by atoms with Gasteiger partial charge in [-0.2, -0.15) is 0 Å². The van der Waals surface area contributed by atoms with E-state index in [1.165, 1.54) is 4.88 Å². The predicted molar refractivity (Wildman–Crippen MR) is 87.6 cm³/mol. The molecular weight excluding hydrogens is 310 g/mol. The van der Waals surface area contributed by atoms with E-state index >= 15 is 0 Å². The van der Waals surface area contributed by atoms with Crippen LogP contribution < -0.4 is 5.73 Å². The predicted octanol–water partition coefficient (Wildman–Crippen LogP) is 4.53. The summed E-state index contributed by atoms with van der Waals surface area (Å²) in [5.74, 6) is 1.99. The molecule has 1 aromatic carbocycles. The number of nitrogen functional groups attached to an aromatic ring is 1. The van der Waals surface area contributed by atoms with Gasteiger partial charge in [0.1, 0.15) is 16.5 Å². The highest BCUT2D eigenvalue weighted by atomic mass is 35.5. The second kappa shape index (κ2) is 5.60. The van der Waals surface area contributed by atoms with Crippen LogP contribution in [0.1, 0.15) is 10.7 Å². The topological polar surface area (TPSA) is 51.8 Å². The largest absolute Gasteiger partial charge is 0.383 e. The van der Waals surface area contributed by atoms with Gasteiger partial charge in [0.15, 0.2) is 0 Å². The van der Waals surface area contributed by atoms with Gasteiger partial charge in [0.2, 0.25) is 0 Å². The van der Waals surface area contributed by atoms with Gasteiger partial charge in [0.05, 0.1) is 11.1 Å². The zero-order chi connectivity index (χ0) is 14.1. The van der Waals surface area contributed by atoms with E-state index in [-0.39, 0.29) is 0 Å². The van der Waals surface area contributed by atoms with Crippen LogP contribution in [0.3, 0.4) is 0 Å². The van der Waals surface area contributed by atoms with Gasteiger partial charge in [0.25, 0.3) is 0 Å². The number of rotatable bonds is 3. The molecule has 0 saturated heterocycles. The highest BCUT2D eigenvalue weighted by Crippen LogP contribution is 2.29. The zero-order valence-electron chi connectivity index (χ0n) is 10.8. The molecule has 0 saturated carbocycles. The van der Waals surface area contributed by atoms with Crippen molar-refractivity contribution in [2.24, 2.45) is 0 Å². The van der Waals surface area contributed by atoms with Gasteiger partial charge in [-0.15, -0.1) is 23.1 Å². The lowest BCUT2D eigenvalue weighted by Gasteiger charge is -2.03. The lowest BCUT2D eigenvalue weighted by Crippen LogP contribution is -1.98. The van der Waals surface area contributed by atoms with E-state index in [1.807, 2.05) is 37.3 Å². The maximum Gasteiger partial charge on any atom is 0.142 e. The molecular formula is C14H12ClN3S2. The Labute approximate surface area is 130 Å². The number of nitrogens with zero attached hydrogens (tertiary/aromatic N) is 2. The second-order valence-corrected chi connectivity index (χ2v) is 7.07. The Morgan fingerprint density at radius 2 is 2.15 bits per heavy atom. The van der Waals surface area contributed by atoms with Crippen molar-refractivity contribution in [1.29, 1.82) is 0 Å². The first-order valence-electron chi connectivity index (χ1n) is 6.03. The Balaban J connectivity index is 1.84. The molecule has 0 aliphatic rings. The van der Waals surface area contributed by atoms with E-state index in [1.54, 1.807) is 23.1 Å². The highest BCUT2D eigenvalue weighted by molar-refractivity contribution is 7.98. The third-order valence-electron chi connectivity index (χ3n) is 2.76. The summed E-state index contributed by atoms with van der Waals surface area (Å²) in [4.78, 5) is 12.2. The molecule has 0 unspecified atom stereocenters. The molecule has 0 radical (unpaired) electrons.